The molecule has 0 aliphatic heterocycles. The SMILES string of the molecule is CC(O)CC(C)O.CCCCCC(CCCOP(=O)(O)O)C(C)(C)c1ccccc1.O=C(O)c1ccccc1.O=C(O)c1ccccc1. The zero-order valence-electron chi connectivity index (χ0n) is 28.8. The lowest BCUT2D eigenvalue weighted by atomic mass is 9.69. The highest BCUT2D eigenvalue weighted by Crippen LogP contribution is 2.39. The summed E-state index contributed by atoms with van der Waals surface area (Å²) in [5.41, 5.74) is 2.02. The zero-order chi connectivity index (χ0) is 36.6. The van der Waals surface area contributed by atoms with Crippen molar-refractivity contribution in [1.82, 2.24) is 0 Å². The van der Waals surface area contributed by atoms with Crippen LogP contribution < -0.4 is 0 Å². The van der Waals surface area contributed by atoms with Gasteiger partial charge in [-0.05, 0) is 80.7 Å². The van der Waals surface area contributed by atoms with E-state index < -0.39 is 19.8 Å². The topological polar surface area (TPSA) is 182 Å². The monoisotopic (exact) mass is 690 g/mol. The summed E-state index contributed by atoms with van der Waals surface area (Å²) >= 11 is 0. The highest BCUT2D eigenvalue weighted by Gasteiger charge is 2.30. The van der Waals surface area contributed by atoms with Gasteiger partial charge in [-0.25, -0.2) is 14.2 Å². The van der Waals surface area contributed by atoms with Gasteiger partial charge in [0.15, 0.2) is 0 Å². The summed E-state index contributed by atoms with van der Waals surface area (Å²) in [6, 6.07) is 27.1. The van der Waals surface area contributed by atoms with E-state index >= 15 is 0 Å². The molecule has 0 radical (unpaired) electrons. The maximum atomic E-state index is 10.8. The molecule has 0 bridgehead atoms. The molecule has 3 rings (SSSR count). The number of rotatable bonds is 15. The van der Waals surface area contributed by atoms with Crippen LogP contribution in [0, 0.1) is 5.92 Å². The Morgan fingerprint density at radius 3 is 1.42 bits per heavy atom. The Labute approximate surface area is 285 Å². The van der Waals surface area contributed by atoms with E-state index in [0.29, 0.717) is 29.9 Å². The molecular formula is C37H55O10P. The molecule has 0 amide bonds. The van der Waals surface area contributed by atoms with Crippen LogP contribution in [0.4, 0.5) is 0 Å². The lowest BCUT2D eigenvalue weighted by Gasteiger charge is -2.35. The summed E-state index contributed by atoms with van der Waals surface area (Å²) in [4.78, 5) is 38.0. The van der Waals surface area contributed by atoms with Crippen molar-refractivity contribution < 1.29 is 48.9 Å². The van der Waals surface area contributed by atoms with E-state index in [-0.39, 0.29) is 24.2 Å². The van der Waals surface area contributed by atoms with Gasteiger partial charge < -0.3 is 30.2 Å². The van der Waals surface area contributed by atoms with E-state index in [0.717, 1.165) is 12.8 Å². The predicted molar refractivity (Wildman–Crippen MR) is 189 cm³/mol. The van der Waals surface area contributed by atoms with E-state index in [1.54, 1.807) is 74.5 Å². The summed E-state index contributed by atoms with van der Waals surface area (Å²) in [6.07, 6.45) is 6.03. The lowest BCUT2D eigenvalue weighted by molar-refractivity contribution is 0.0686. The number of aliphatic hydroxyl groups excluding tert-OH is 2. The van der Waals surface area contributed by atoms with Crippen LogP contribution in [-0.4, -0.2) is 61.0 Å². The lowest BCUT2D eigenvalue weighted by Crippen LogP contribution is -2.29. The van der Waals surface area contributed by atoms with E-state index in [9.17, 15) is 14.2 Å². The van der Waals surface area contributed by atoms with Crippen LogP contribution in [0.1, 0.15) is 106 Å². The van der Waals surface area contributed by atoms with Crippen LogP contribution in [-0.2, 0) is 14.5 Å². The van der Waals surface area contributed by atoms with Crippen molar-refractivity contribution in [3.05, 3.63) is 108 Å². The number of carboxylic acid groups (broad SMARTS) is 2. The second-order valence-corrected chi connectivity index (χ2v) is 13.3. The summed E-state index contributed by atoms with van der Waals surface area (Å²) in [6.45, 7) is 10.2. The largest absolute Gasteiger partial charge is 0.478 e. The molecule has 48 heavy (non-hydrogen) atoms. The Kier molecular flexibility index (Phi) is 23.0. The second kappa shape index (κ2) is 24.7. The fraction of sp³-hybridized carbons (Fsp3) is 0.459. The molecule has 0 heterocycles. The normalized spacial score (nSPS) is 12.8. The molecule has 268 valence electrons. The number of phosphoric ester groups is 1. The zero-order valence-corrected chi connectivity index (χ0v) is 29.7. The van der Waals surface area contributed by atoms with Gasteiger partial charge in [0.05, 0.1) is 29.9 Å². The molecule has 0 aromatic heterocycles. The maximum Gasteiger partial charge on any atom is 0.469 e. The first-order valence-electron chi connectivity index (χ1n) is 16.2. The van der Waals surface area contributed by atoms with Gasteiger partial charge in [0, 0.05) is 0 Å². The van der Waals surface area contributed by atoms with Crippen LogP contribution in [0.5, 0.6) is 0 Å². The van der Waals surface area contributed by atoms with Gasteiger partial charge in [0.25, 0.3) is 0 Å². The van der Waals surface area contributed by atoms with E-state index in [2.05, 4.69) is 49.6 Å². The van der Waals surface area contributed by atoms with Crippen LogP contribution in [0.15, 0.2) is 91.0 Å². The van der Waals surface area contributed by atoms with E-state index in [1.807, 2.05) is 6.07 Å². The molecular weight excluding hydrogens is 635 g/mol. The van der Waals surface area contributed by atoms with Crippen LogP contribution in [0.25, 0.3) is 0 Å². The second-order valence-electron chi connectivity index (χ2n) is 12.0. The summed E-state index contributed by atoms with van der Waals surface area (Å²) in [5.74, 6) is -1.29. The van der Waals surface area contributed by atoms with Crippen LogP contribution in [0.3, 0.4) is 0 Å². The molecule has 10 nitrogen and oxygen atoms in total. The number of benzene rings is 3. The number of unbranched alkanes of at least 4 members (excludes halogenated alkanes) is 2. The predicted octanol–water partition coefficient (Wildman–Crippen LogP) is 7.96. The standard InChI is InChI=1S/C18H31O4P.2C7H6O2.C5H12O2/c1-4-5-7-11-17(14-10-15-22-23(19,20)21)18(2,3)16-12-8-6-9-13-16;2*8-7(9)6-4-2-1-3-5-6;1-4(6)3-5(2)7/h6,8-9,12-13,17H,4-5,7,10-11,14-15H2,1-3H3,(H2,19,20,21);2*1-5H,(H,8,9);4-7H,3H2,1-2H3. The van der Waals surface area contributed by atoms with E-state index in [1.165, 1.54) is 24.8 Å². The quantitative estimate of drug-likeness (QED) is 0.0676. The van der Waals surface area contributed by atoms with Gasteiger partial charge in [-0.2, -0.15) is 0 Å². The van der Waals surface area contributed by atoms with Crippen LogP contribution in [0.2, 0.25) is 0 Å². The number of carboxylic acids is 2. The Bertz CT molecular complexity index is 1240. The molecule has 3 atom stereocenters. The molecule has 11 heteroatoms. The molecule has 6 N–H and O–H groups in total. The first-order valence-corrected chi connectivity index (χ1v) is 17.7. The van der Waals surface area contributed by atoms with Crippen molar-refractivity contribution in [2.75, 3.05) is 6.61 Å². The van der Waals surface area contributed by atoms with Crippen molar-refractivity contribution in [3.8, 4) is 0 Å². The highest BCUT2D eigenvalue weighted by molar-refractivity contribution is 7.46. The number of carbonyl (C=O) groups is 2. The molecule has 3 aromatic carbocycles. The van der Waals surface area contributed by atoms with Crippen LogP contribution >= 0.6 is 7.82 Å². The van der Waals surface area contributed by atoms with Gasteiger partial charge in [-0.1, -0.05) is 107 Å². The molecule has 0 aliphatic rings. The first-order chi connectivity index (χ1) is 22.5. The van der Waals surface area contributed by atoms with Gasteiger partial charge >= 0.3 is 19.8 Å². The number of hydrogen-bond donors (Lipinski definition) is 6. The smallest absolute Gasteiger partial charge is 0.469 e. The highest BCUT2D eigenvalue weighted by atomic mass is 31.2. The minimum Gasteiger partial charge on any atom is -0.478 e. The molecule has 3 unspecified atom stereocenters. The number of aliphatic hydroxyl groups is 2. The molecule has 0 fully saturated rings. The minimum absolute atomic E-state index is 0.0388. The van der Waals surface area contributed by atoms with Gasteiger partial charge in [-0.15, -0.1) is 0 Å². The van der Waals surface area contributed by atoms with Gasteiger partial charge in [-0.3, -0.25) is 4.52 Å². The Hall–Kier alpha value is -3.37. The van der Waals surface area contributed by atoms with Crippen molar-refractivity contribution >= 4 is 19.8 Å². The molecule has 3 aromatic rings. The summed E-state index contributed by atoms with van der Waals surface area (Å²) < 4.78 is 15.4. The first kappa shape index (κ1) is 44.6. The van der Waals surface area contributed by atoms with Gasteiger partial charge in [0.2, 0.25) is 0 Å². The van der Waals surface area contributed by atoms with Crippen molar-refractivity contribution in [1.29, 1.82) is 0 Å². The average Bonchev–Trinajstić information content (AvgIpc) is 3.03. The third-order valence-corrected chi connectivity index (χ3v) is 7.89. The number of hydrogen-bond acceptors (Lipinski definition) is 6. The fourth-order valence-electron chi connectivity index (χ4n) is 4.78. The summed E-state index contributed by atoms with van der Waals surface area (Å²) in [5, 5.41) is 33.9. The fourth-order valence-corrected chi connectivity index (χ4v) is 5.15. The van der Waals surface area contributed by atoms with Crippen molar-refractivity contribution in [2.45, 2.75) is 97.2 Å². The van der Waals surface area contributed by atoms with Crippen molar-refractivity contribution in [2.24, 2.45) is 5.92 Å². The molecule has 0 saturated heterocycles. The van der Waals surface area contributed by atoms with E-state index in [4.69, 9.17) is 30.2 Å². The Morgan fingerprint density at radius 2 is 1.10 bits per heavy atom. The third kappa shape index (κ3) is 22.2. The average molecular weight is 691 g/mol. The summed E-state index contributed by atoms with van der Waals surface area (Å²) in [7, 11) is -4.35. The number of phosphoric acid groups is 1. The maximum absolute atomic E-state index is 10.8. The molecule has 0 aliphatic carbocycles. The Morgan fingerprint density at radius 1 is 0.708 bits per heavy atom. The third-order valence-electron chi connectivity index (χ3n) is 7.37. The molecule has 0 saturated carbocycles. The number of aromatic carboxylic acids is 2. The minimum atomic E-state index is -4.35. The van der Waals surface area contributed by atoms with Crippen molar-refractivity contribution in [3.63, 3.8) is 0 Å². The Balaban J connectivity index is 0.000000718. The van der Waals surface area contributed by atoms with Gasteiger partial charge in [0.1, 0.15) is 0 Å². The molecule has 0 spiro atoms.